The second-order valence-corrected chi connectivity index (χ2v) is 8.93. The summed E-state index contributed by atoms with van der Waals surface area (Å²) >= 11 is 0. The van der Waals surface area contributed by atoms with Crippen LogP contribution in [0, 0.1) is 0 Å². The summed E-state index contributed by atoms with van der Waals surface area (Å²) in [5.74, 6) is -1.12. The lowest BCUT2D eigenvalue weighted by Gasteiger charge is -2.23. The van der Waals surface area contributed by atoms with Crippen molar-refractivity contribution in [3.05, 3.63) is 29.8 Å². The van der Waals surface area contributed by atoms with Crippen LogP contribution in [0.3, 0.4) is 0 Å². The zero-order chi connectivity index (χ0) is 19.4. The third kappa shape index (κ3) is 5.20. The molecule has 0 radical (unpaired) electrons. The zero-order valence-corrected chi connectivity index (χ0v) is 16.3. The molecule has 0 aliphatic carbocycles. The standard InChI is InChI=1S/C18H26N2O5S/c1-4-20(5-2)15-8-6-14(7-9-15)17(22)25-12-16(21)19-18(3)10-11-26(23,24)13-18/h6-9H,4-5,10-13H2,1-3H3,(H,19,21)/t18-/m0/s1. The number of benzene rings is 1. The van der Waals surface area contributed by atoms with Gasteiger partial charge in [-0.2, -0.15) is 0 Å². The number of ether oxygens (including phenoxy) is 1. The minimum Gasteiger partial charge on any atom is -0.452 e. The number of rotatable bonds is 7. The second-order valence-electron chi connectivity index (χ2n) is 6.75. The Morgan fingerprint density at radius 3 is 2.31 bits per heavy atom. The first-order valence-electron chi connectivity index (χ1n) is 8.71. The maximum atomic E-state index is 12.1. The summed E-state index contributed by atoms with van der Waals surface area (Å²) in [7, 11) is -3.12. The Morgan fingerprint density at radius 1 is 1.19 bits per heavy atom. The number of amides is 1. The van der Waals surface area contributed by atoms with Crippen molar-refractivity contribution in [2.75, 3.05) is 36.1 Å². The molecule has 1 fully saturated rings. The van der Waals surface area contributed by atoms with Crippen molar-refractivity contribution in [3.8, 4) is 0 Å². The number of sulfone groups is 1. The van der Waals surface area contributed by atoms with Gasteiger partial charge in [-0.1, -0.05) is 0 Å². The van der Waals surface area contributed by atoms with Gasteiger partial charge < -0.3 is 15.0 Å². The van der Waals surface area contributed by atoms with Gasteiger partial charge in [-0.3, -0.25) is 4.79 Å². The summed E-state index contributed by atoms with van der Waals surface area (Å²) in [5.41, 5.74) is 0.580. The molecule has 26 heavy (non-hydrogen) atoms. The summed E-state index contributed by atoms with van der Waals surface area (Å²) < 4.78 is 28.2. The van der Waals surface area contributed by atoms with E-state index in [4.69, 9.17) is 4.74 Å². The number of hydrogen-bond donors (Lipinski definition) is 1. The van der Waals surface area contributed by atoms with Gasteiger partial charge in [0.2, 0.25) is 0 Å². The first-order chi connectivity index (χ1) is 12.2. The highest BCUT2D eigenvalue weighted by atomic mass is 32.2. The highest BCUT2D eigenvalue weighted by Crippen LogP contribution is 2.22. The summed E-state index contributed by atoms with van der Waals surface area (Å²) in [6.45, 7) is 7.10. The number of carbonyl (C=O) groups excluding carboxylic acids is 2. The molecule has 2 rings (SSSR count). The molecule has 1 saturated heterocycles. The summed E-state index contributed by atoms with van der Waals surface area (Å²) in [4.78, 5) is 26.2. The predicted octanol–water partition coefficient (Wildman–Crippen LogP) is 1.38. The monoisotopic (exact) mass is 382 g/mol. The van der Waals surface area contributed by atoms with E-state index in [0.717, 1.165) is 18.8 Å². The van der Waals surface area contributed by atoms with Gasteiger partial charge in [-0.25, -0.2) is 13.2 Å². The summed E-state index contributed by atoms with van der Waals surface area (Å²) in [6, 6.07) is 7.01. The van der Waals surface area contributed by atoms with Crippen LogP contribution in [-0.2, 0) is 19.4 Å². The third-order valence-electron chi connectivity index (χ3n) is 4.51. The molecule has 1 heterocycles. The average Bonchev–Trinajstić information content (AvgIpc) is 2.87. The Morgan fingerprint density at radius 2 is 1.81 bits per heavy atom. The van der Waals surface area contributed by atoms with Crippen molar-refractivity contribution in [3.63, 3.8) is 0 Å². The quantitative estimate of drug-likeness (QED) is 0.716. The number of hydrogen-bond acceptors (Lipinski definition) is 6. The van der Waals surface area contributed by atoms with Crippen molar-refractivity contribution >= 4 is 27.4 Å². The largest absolute Gasteiger partial charge is 0.452 e. The fourth-order valence-corrected chi connectivity index (χ4v) is 5.19. The summed E-state index contributed by atoms with van der Waals surface area (Å²) in [6.07, 6.45) is 0.363. The maximum absolute atomic E-state index is 12.1. The fraction of sp³-hybridized carbons (Fsp3) is 0.556. The van der Waals surface area contributed by atoms with Gasteiger partial charge in [0, 0.05) is 18.8 Å². The van der Waals surface area contributed by atoms with Crippen LogP contribution in [0.5, 0.6) is 0 Å². The third-order valence-corrected chi connectivity index (χ3v) is 6.41. The van der Waals surface area contributed by atoms with Crippen LogP contribution < -0.4 is 10.2 Å². The van der Waals surface area contributed by atoms with Gasteiger partial charge in [-0.05, 0) is 51.5 Å². The second kappa shape index (κ2) is 8.07. The van der Waals surface area contributed by atoms with Crippen molar-refractivity contribution in [2.24, 2.45) is 0 Å². The molecular formula is C18H26N2O5S. The van der Waals surface area contributed by atoms with Crippen molar-refractivity contribution < 1.29 is 22.7 Å². The molecule has 144 valence electrons. The molecule has 0 aromatic heterocycles. The lowest BCUT2D eigenvalue weighted by molar-refractivity contribution is -0.125. The lowest BCUT2D eigenvalue weighted by Crippen LogP contribution is -2.48. The van der Waals surface area contributed by atoms with E-state index < -0.39 is 33.9 Å². The molecule has 1 aliphatic heterocycles. The molecular weight excluding hydrogens is 356 g/mol. The van der Waals surface area contributed by atoms with Gasteiger partial charge in [0.1, 0.15) is 0 Å². The Kier molecular flexibility index (Phi) is 6.28. The first kappa shape index (κ1) is 20.2. The highest BCUT2D eigenvalue weighted by Gasteiger charge is 2.39. The molecule has 1 aromatic rings. The molecule has 0 spiro atoms. The van der Waals surface area contributed by atoms with E-state index in [0.29, 0.717) is 12.0 Å². The SMILES string of the molecule is CCN(CC)c1ccc(C(=O)OCC(=O)N[C@@]2(C)CCS(=O)(=O)C2)cc1. The van der Waals surface area contributed by atoms with Crippen LogP contribution in [0.4, 0.5) is 5.69 Å². The number of nitrogens with zero attached hydrogens (tertiary/aromatic N) is 1. The minimum absolute atomic E-state index is 0.0580. The number of nitrogens with one attached hydrogen (secondary N) is 1. The molecule has 0 saturated carbocycles. The lowest BCUT2D eigenvalue weighted by atomic mass is 10.0. The predicted molar refractivity (Wildman–Crippen MR) is 100 cm³/mol. The van der Waals surface area contributed by atoms with Crippen molar-refractivity contribution in [2.45, 2.75) is 32.7 Å². The van der Waals surface area contributed by atoms with Crippen LogP contribution in [0.15, 0.2) is 24.3 Å². The van der Waals surface area contributed by atoms with E-state index in [1.54, 1.807) is 19.1 Å². The molecule has 1 amide bonds. The number of esters is 1. The van der Waals surface area contributed by atoms with Crippen LogP contribution in [0.1, 0.15) is 37.6 Å². The van der Waals surface area contributed by atoms with Gasteiger partial charge in [0.15, 0.2) is 16.4 Å². The van der Waals surface area contributed by atoms with Crippen molar-refractivity contribution in [1.29, 1.82) is 0 Å². The maximum Gasteiger partial charge on any atom is 0.338 e. The van der Waals surface area contributed by atoms with Crippen LogP contribution in [0.2, 0.25) is 0 Å². The Balaban J connectivity index is 1.87. The molecule has 7 nitrogen and oxygen atoms in total. The van der Waals surface area contributed by atoms with E-state index in [2.05, 4.69) is 24.1 Å². The smallest absolute Gasteiger partial charge is 0.338 e. The van der Waals surface area contributed by atoms with Crippen LogP contribution >= 0.6 is 0 Å². The molecule has 1 N–H and O–H groups in total. The van der Waals surface area contributed by atoms with E-state index >= 15 is 0 Å². The zero-order valence-electron chi connectivity index (χ0n) is 15.4. The van der Waals surface area contributed by atoms with Gasteiger partial charge in [-0.15, -0.1) is 0 Å². The van der Waals surface area contributed by atoms with Gasteiger partial charge >= 0.3 is 5.97 Å². The molecule has 8 heteroatoms. The van der Waals surface area contributed by atoms with Crippen molar-refractivity contribution in [1.82, 2.24) is 5.32 Å². The van der Waals surface area contributed by atoms with E-state index in [1.807, 2.05) is 12.1 Å². The molecule has 1 atom stereocenters. The minimum atomic E-state index is -3.12. The normalized spacial score (nSPS) is 21.2. The van der Waals surface area contributed by atoms with E-state index in [-0.39, 0.29) is 11.5 Å². The molecule has 0 unspecified atom stereocenters. The fourth-order valence-electron chi connectivity index (χ4n) is 3.09. The Labute approximate surface area is 154 Å². The van der Waals surface area contributed by atoms with E-state index in [1.165, 1.54) is 0 Å². The highest BCUT2D eigenvalue weighted by molar-refractivity contribution is 7.91. The van der Waals surface area contributed by atoms with Crippen LogP contribution in [-0.4, -0.2) is 57.0 Å². The molecule has 0 bridgehead atoms. The van der Waals surface area contributed by atoms with E-state index in [9.17, 15) is 18.0 Å². The summed E-state index contributed by atoms with van der Waals surface area (Å²) in [5, 5.41) is 2.65. The van der Waals surface area contributed by atoms with Crippen LogP contribution in [0.25, 0.3) is 0 Å². The first-order valence-corrected chi connectivity index (χ1v) is 10.5. The number of anilines is 1. The van der Waals surface area contributed by atoms with Gasteiger partial charge in [0.25, 0.3) is 5.91 Å². The Bertz CT molecular complexity index is 756. The average molecular weight is 382 g/mol. The molecule has 1 aromatic carbocycles. The Hall–Kier alpha value is -2.09. The molecule has 1 aliphatic rings. The van der Waals surface area contributed by atoms with Gasteiger partial charge in [0.05, 0.1) is 22.6 Å². The topological polar surface area (TPSA) is 92.8 Å². The number of carbonyl (C=O) groups is 2.